The molecule has 1 rings (SSSR count). The summed E-state index contributed by atoms with van der Waals surface area (Å²) in [7, 11) is 0. The Kier molecular flexibility index (Phi) is 3.43. The monoisotopic (exact) mass is 203 g/mol. The zero-order valence-electron chi connectivity index (χ0n) is 8.07. The second-order valence-corrected chi connectivity index (χ2v) is 3.61. The van der Waals surface area contributed by atoms with Crippen molar-refractivity contribution in [2.45, 2.75) is 25.9 Å². The van der Waals surface area contributed by atoms with Gasteiger partial charge in [-0.1, -0.05) is 0 Å². The fourth-order valence-electron chi connectivity index (χ4n) is 1.74. The van der Waals surface area contributed by atoms with Crippen molar-refractivity contribution in [3.8, 4) is 0 Å². The van der Waals surface area contributed by atoms with Crippen molar-refractivity contribution in [1.29, 1.82) is 0 Å². The van der Waals surface area contributed by atoms with Crippen molar-refractivity contribution in [2.24, 2.45) is 5.92 Å². The Morgan fingerprint density at radius 3 is 2.71 bits per heavy atom. The Bertz CT molecular complexity index is 232. The molecule has 5 heteroatoms. The number of alkyl halides is 1. The van der Waals surface area contributed by atoms with Gasteiger partial charge < -0.3 is 10.0 Å². The van der Waals surface area contributed by atoms with Gasteiger partial charge in [-0.05, 0) is 12.8 Å². The summed E-state index contributed by atoms with van der Waals surface area (Å²) in [6.07, 6.45) is -0.632. The smallest absolute Gasteiger partial charge is 0.338 e. The first-order valence-electron chi connectivity index (χ1n) is 4.64. The second-order valence-electron chi connectivity index (χ2n) is 3.61. The van der Waals surface area contributed by atoms with Crippen molar-refractivity contribution in [3.05, 3.63) is 0 Å². The molecule has 1 N–H and O–H groups in total. The third-order valence-electron chi connectivity index (χ3n) is 2.55. The Morgan fingerprint density at radius 2 is 2.21 bits per heavy atom. The fraction of sp³-hybridized carbons (Fsp3) is 0.778. The van der Waals surface area contributed by atoms with Crippen LogP contribution in [0, 0.1) is 5.92 Å². The molecule has 1 heterocycles. The molecule has 0 saturated carbocycles. The van der Waals surface area contributed by atoms with Crippen LogP contribution in [-0.4, -0.2) is 41.1 Å². The number of halogens is 1. The van der Waals surface area contributed by atoms with E-state index in [9.17, 15) is 14.0 Å². The summed E-state index contributed by atoms with van der Waals surface area (Å²) in [5.41, 5.74) is 0. The van der Waals surface area contributed by atoms with E-state index in [1.165, 1.54) is 11.8 Å². The lowest BCUT2D eigenvalue weighted by atomic mass is 9.93. The van der Waals surface area contributed by atoms with Crippen LogP contribution >= 0.6 is 0 Å². The number of likely N-dealkylation sites (tertiary alicyclic amines) is 1. The summed E-state index contributed by atoms with van der Waals surface area (Å²) in [6, 6.07) is 0. The number of nitrogens with zero attached hydrogens (tertiary/aromatic N) is 1. The molecule has 0 spiro atoms. The molecule has 0 aromatic rings. The summed E-state index contributed by atoms with van der Waals surface area (Å²) in [4.78, 5) is 22.9. The molecule has 0 bridgehead atoms. The highest BCUT2D eigenvalue weighted by Crippen LogP contribution is 2.21. The van der Waals surface area contributed by atoms with Crippen LogP contribution in [0.3, 0.4) is 0 Å². The summed E-state index contributed by atoms with van der Waals surface area (Å²) < 4.78 is 13.1. The maximum absolute atomic E-state index is 13.1. The van der Waals surface area contributed by atoms with Gasteiger partial charge in [0.2, 0.25) is 12.1 Å². The molecular formula is C9H14FNO3. The molecule has 2 unspecified atom stereocenters. The van der Waals surface area contributed by atoms with Gasteiger partial charge in [0.25, 0.3) is 0 Å². The largest absolute Gasteiger partial charge is 0.479 e. The number of piperidine rings is 1. The van der Waals surface area contributed by atoms with Gasteiger partial charge in [0.1, 0.15) is 0 Å². The van der Waals surface area contributed by atoms with E-state index in [0.29, 0.717) is 19.4 Å². The zero-order chi connectivity index (χ0) is 10.7. The van der Waals surface area contributed by atoms with Crippen molar-refractivity contribution >= 4 is 11.9 Å². The molecule has 14 heavy (non-hydrogen) atoms. The third kappa shape index (κ3) is 2.43. The van der Waals surface area contributed by atoms with Crippen molar-refractivity contribution in [3.63, 3.8) is 0 Å². The molecule has 80 valence electrons. The topological polar surface area (TPSA) is 57.6 Å². The normalized spacial score (nSPS) is 24.4. The summed E-state index contributed by atoms with van der Waals surface area (Å²) in [6.45, 7) is 2.25. The molecule has 1 aliphatic rings. The van der Waals surface area contributed by atoms with E-state index >= 15 is 0 Å². The number of carbonyl (C=O) groups excluding carboxylic acids is 1. The minimum absolute atomic E-state index is 0.118. The Hall–Kier alpha value is -1.13. The van der Waals surface area contributed by atoms with E-state index in [2.05, 4.69) is 0 Å². The summed E-state index contributed by atoms with van der Waals surface area (Å²) >= 11 is 0. The first-order chi connectivity index (χ1) is 6.52. The Balaban J connectivity index is 2.55. The van der Waals surface area contributed by atoms with Gasteiger partial charge in [0.15, 0.2) is 0 Å². The predicted octanol–water partition coefficient (Wildman–Crippen LogP) is 0.668. The van der Waals surface area contributed by atoms with Gasteiger partial charge in [-0.2, -0.15) is 0 Å². The number of carbonyl (C=O) groups is 2. The number of amides is 1. The van der Waals surface area contributed by atoms with Crippen molar-refractivity contribution in [1.82, 2.24) is 4.90 Å². The van der Waals surface area contributed by atoms with Gasteiger partial charge in [-0.25, -0.2) is 9.18 Å². The number of hydrogen-bond acceptors (Lipinski definition) is 2. The highest BCUT2D eigenvalue weighted by atomic mass is 19.1. The predicted molar refractivity (Wildman–Crippen MR) is 47.5 cm³/mol. The number of carboxylic acid groups (broad SMARTS) is 1. The lowest BCUT2D eigenvalue weighted by Gasteiger charge is -2.32. The number of hydrogen-bond donors (Lipinski definition) is 1. The molecule has 1 amide bonds. The van der Waals surface area contributed by atoms with E-state index in [4.69, 9.17) is 5.11 Å². The van der Waals surface area contributed by atoms with E-state index in [1.807, 2.05) is 0 Å². The lowest BCUT2D eigenvalue weighted by Crippen LogP contribution is -2.43. The first-order valence-corrected chi connectivity index (χ1v) is 4.64. The quantitative estimate of drug-likeness (QED) is 0.717. The molecule has 1 fully saturated rings. The van der Waals surface area contributed by atoms with Crippen molar-refractivity contribution < 1.29 is 19.1 Å². The average molecular weight is 203 g/mol. The highest BCUT2D eigenvalue weighted by molar-refractivity contribution is 5.74. The minimum Gasteiger partial charge on any atom is -0.479 e. The van der Waals surface area contributed by atoms with E-state index in [1.54, 1.807) is 0 Å². The van der Waals surface area contributed by atoms with Crippen LogP contribution in [0.4, 0.5) is 4.39 Å². The van der Waals surface area contributed by atoms with Gasteiger partial charge in [-0.15, -0.1) is 0 Å². The standard InChI is InChI=1S/C9H14FNO3/c1-6(12)11-4-2-3-7(5-11)8(10)9(13)14/h7-8H,2-5H2,1H3,(H,13,14). The lowest BCUT2D eigenvalue weighted by molar-refractivity contribution is -0.147. The van der Waals surface area contributed by atoms with Crippen LogP contribution < -0.4 is 0 Å². The SMILES string of the molecule is CC(=O)N1CCCC(C(F)C(=O)O)C1. The Morgan fingerprint density at radius 1 is 1.57 bits per heavy atom. The highest BCUT2D eigenvalue weighted by Gasteiger charge is 2.32. The number of carboxylic acids is 1. The van der Waals surface area contributed by atoms with Crippen LogP contribution in [0.5, 0.6) is 0 Å². The van der Waals surface area contributed by atoms with Crippen LogP contribution in [-0.2, 0) is 9.59 Å². The molecule has 0 aromatic carbocycles. The van der Waals surface area contributed by atoms with Crippen LogP contribution in [0.2, 0.25) is 0 Å². The van der Waals surface area contributed by atoms with Gasteiger partial charge in [0.05, 0.1) is 0 Å². The average Bonchev–Trinajstić information content (AvgIpc) is 2.16. The summed E-state index contributed by atoms with van der Waals surface area (Å²) in [5, 5.41) is 8.48. The molecule has 1 saturated heterocycles. The van der Waals surface area contributed by atoms with E-state index in [-0.39, 0.29) is 12.5 Å². The number of rotatable bonds is 2. The Labute approximate surface area is 81.7 Å². The fourth-order valence-corrected chi connectivity index (χ4v) is 1.74. The second kappa shape index (κ2) is 4.39. The number of aliphatic carboxylic acids is 1. The molecule has 2 atom stereocenters. The minimum atomic E-state index is -1.85. The van der Waals surface area contributed by atoms with Gasteiger partial charge >= 0.3 is 5.97 Å². The van der Waals surface area contributed by atoms with Crippen LogP contribution in [0.15, 0.2) is 0 Å². The molecular weight excluding hydrogens is 189 g/mol. The molecule has 0 aliphatic carbocycles. The molecule has 0 radical (unpaired) electrons. The maximum atomic E-state index is 13.1. The molecule has 1 aliphatic heterocycles. The van der Waals surface area contributed by atoms with Gasteiger partial charge in [0, 0.05) is 25.9 Å². The summed E-state index contributed by atoms with van der Waals surface area (Å²) in [5.74, 6) is -2.10. The van der Waals surface area contributed by atoms with Crippen LogP contribution in [0.25, 0.3) is 0 Å². The van der Waals surface area contributed by atoms with Gasteiger partial charge in [-0.3, -0.25) is 4.79 Å². The molecule has 0 aromatic heterocycles. The van der Waals surface area contributed by atoms with E-state index in [0.717, 1.165) is 0 Å². The van der Waals surface area contributed by atoms with E-state index < -0.39 is 18.1 Å². The third-order valence-corrected chi connectivity index (χ3v) is 2.55. The zero-order valence-corrected chi connectivity index (χ0v) is 8.07. The molecule has 4 nitrogen and oxygen atoms in total. The maximum Gasteiger partial charge on any atom is 0.338 e. The van der Waals surface area contributed by atoms with Crippen molar-refractivity contribution in [2.75, 3.05) is 13.1 Å². The first kappa shape index (κ1) is 10.9. The van der Waals surface area contributed by atoms with Crippen LogP contribution in [0.1, 0.15) is 19.8 Å².